The number of methoxy groups -OCH3 is 1. The molecular weight excluding hydrogens is 376 g/mol. The van der Waals surface area contributed by atoms with Crippen LogP contribution in [0.5, 0.6) is 0 Å². The van der Waals surface area contributed by atoms with Crippen LogP contribution in [0.3, 0.4) is 0 Å². The Labute approximate surface area is 168 Å². The minimum Gasteiger partial charge on any atom is -0.465 e. The van der Waals surface area contributed by atoms with E-state index in [1.54, 1.807) is 17.0 Å². The number of aromatic nitrogens is 2. The third-order valence-electron chi connectivity index (χ3n) is 4.56. The summed E-state index contributed by atoms with van der Waals surface area (Å²) in [4.78, 5) is 35.4. The minimum absolute atomic E-state index is 0.0707. The standard InChI is InChI=1S/C20H24N4O3S/c1-4-5-10-21-17-16-15(22-20(23-17)28-3)12-24(18(16)25)11-13-6-8-14(9-7-13)19(26)27-2/h6-9H,4-5,10-12H2,1-3H3,(H,21,22,23). The van der Waals surface area contributed by atoms with Gasteiger partial charge in [0.1, 0.15) is 11.4 Å². The lowest BCUT2D eigenvalue weighted by Crippen LogP contribution is -2.24. The molecule has 7 nitrogen and oxygen atoms in total. The van der Waals surface area contributed by atoms with E-state index in [9.17, 15) is 9.59 Å². The van der Waals surface area contributed by atoms with Crippen LogP contribution >= 0.6 is 11.8 Å². The Morgan fingerprint density at radius 3 is 2.68 bits per heavy atom. The average Bonchev–Trinajstić information content (AvgIpc) is 3.03. The lowest BCUT2D eigenvalue weighted by atomic mass is 10.1. The van der Waals surface area contributed by atoms with Crippen LogP contribution in [0.15, 0.2) is 29.4 Å². The van der Waals surface area contributed by atoms with Crippen molar-refractivity contribution in [2.24, 2.45) is 0 Å². The van der Waals surface area contributed by atoms with Gasteiger partial charge in [-0.3, -0.25) is 4.79 Å². The SMILES string of the molecule is CCCCNc1nc(SC)nc2c1C(=O)N(Cc1ccc(C(=O)OC)cc1)C2. The molecule has 3 rings (SSSR count). The van der Waals surface area contributed by atoms with E-state index in [4.69, 9.17) is 4.74 Å². The number of benzene rings is 1. The van der Waals surface area contributed by atoms with Crippen LogP contribution in [0, 0.1) is 0 Å². The fourth-order valence-corrected chi connectivity index (χ4v) is 3.43. The number of ether oxygens (including phenoxy) is 1. The molecule has 1 amide bonds. The number of hydrogen-bond acceptors (Lipinski definition) is 7. The maximum absolute atomic E-state index is 13.0. The smallest absolute Gasteiger partial charge is 0.337 e. The van der Waals surface area contributed by atoms with Crippen LogP contribution in [-0.2, 0) is 17.8 Å². The summed E-state index contributed by atoms with van der Waals surface area (Å²) >= 11 is 1.47. The second-order valence-corrected chi connectivity index (χ2v) is 7.28. The molecule has 0 fully saturated rings. The predicted octanol–water partition coefficient (Wildman–Crippen LogP) is 3.35. The topological polar surface area (TPSA) is 84.4 Å². The number of esters is 1. The van der Waals surface area contributed by atoms with E-state index in [1.807, 2.05) is 18.4 Å². The van der Waals surface area contributed by atoms with Gasteiger partial charge in [0.05, 0.1) is 24.9 Å². The molecule has 0 atom stereocenters. The summed E-state index contributed by atoms with van der Waals surface area (Å²) in [5.74, 6) is 0.175. The predicted molar refractivity (Wildman–Crippen MR) is 109 cm³/mol. The molecule has 0 radical (unpaired) electrons. The van der Waals surface area contributed by atoms with E-state index in [-0.39, 0.29) is 11.9 Å². The maximum atomic E-state index is 13.0. The molecule has 28 heavy (non-hydrogen) atoms. The van der Waals surface area contributed by atoms with E-state index in [2.05, 4.69) is 22.2 Å². The van der Waals surface area contributed by atoms with E-state index < -0.39 is 0 Å². The van der Waals surface area contributed by atoms with Gasteiger partial charge in [0.2, 0.25) is 0 Å². The van der Waals surface area contributed by atoms with Crippen LogP contribution in [0.2, 0.25) is 0 Å². The molecule has 1 N–H and O–H groups in total. The van der Waals surface area contributed by atoms with Crippen molar-refractivity contribution in [3.63, 3.8) is 0 Å². The Morgan fingerprint density at radius 2 is 2.04 bits per heavy atom. The Morgan fingerprint density at radius 1 is 1.29 bits per heavy atom. The summed E-state index contributed by atoms with van der Waals surface area (Å²) in [6.45, 7) is 3.79. The summed E-state index contributed by atoms with van der Waals surface area (Å²) in [6.07, 6.45) is 4.00. The molecule has 0 saturated heterocycles. The third kappa shape index (κ3) is 4.27. The van der Waals surface area contributed by atoms with Gasteiger partial charge in [-0.2, -0.15) is 0 Å². The van der Waals surface area contributed by atoms with Crippen molar-refractivity contribution in [2.75, 3.05) is 25.2 Å². The molecule has 1 aromatic heterocycles. The molecule has 8 heteroatoms. The highest BCUT2D eigenvalue weighted by Crippen LogP contribution is 2.30. The second kappa shape index (κ2) is 9.05. The van der Waals surface area contributed by atoms with Gasteiger partial charge in [0, 0.05) is 13.1 Å². The number of hydrogen-bond donors (Lipinski definition) is 1. The van der Waals surface area contributed by atoms with Gasteiger partial charge in [0.15, 0.2) is 5.16 Å². The number of unbranched alkanes of at least 4 members (excludes halogenated alkanes) is 1. The van der Waals surface area contributed by atoms with E-state index >= 15 is 0 Å². The van der Waals surface area contributed by atoms with Gasteiger partial charge in [-0.1, -0.05) is 37.2 Å². The number of amides is 1. The number of fused-ring (bicyclic) bond motifs is 1. The minimum atomic E-state index is -0.376. The van der Waals surface area contributed by atoms with Crippen LogP contribution in [0.25, 0.3) is 0 Å². The highest BCUT2D eigenvalue weighted by atomic mass is 32.2. The normalized spacial score (nSPS) is 12.8. The zero-order valence-electron chi connectivity index (χ0n) is 16.3. The first kappa shape index (κ1) is 20.1. The van der Waals surface area contributed by atoms with E-state index in [0.717, 1.165) is 30.6 Å². The van der Waals surface area contributed by atoms with Crippen molar-refractivity contribution in [2.45, 2.75) is 38.0 Å². The molecule has 2 aromatic rings. The number of rotatable bonds is 8. The number of thioether (sulfide) groups is 1. The molecular formula is C20H24N4O3S. The molecule has 148 valence electrons. The van der Waals surface area contributed by atoms with Crippen LogP contribution in [-0.4, -0.2) is 46.7 Å². The molecule has 0 spiro atoms. The number of nitrogens with zero attached hydrogens (tertiary/aromatic N) is 3. The lowest BCUT2D eigenvalue weighted by Gasteiger charge is -2.15. The summed E-state index contributed by atoms with van der Waals surface area (Å²) in [5.41, 5.74) is 2.75. The fourth-order valence-electron chi connectivity index (χ4n) is 3.05. The summed E-state index contributed by atoms with van der Waals surface area (Å²) in [6, 6.07) is 7.08. The first-order valence-electron chi connectivity index (χ1n) is 9.22. The quantitative estimate of drug-likeness (QED) is 0.315. The number of carbonyl (C=O) groups excluding carboxylic acids is 2. The lowest BCUT2D eigenvalue weighted by molar-refractivity contribution is 0.0600. The molecule has 0 bridgehead atoms. The van der Waals surface area contributed by atoms with Gasteiger partial charge < -0.3 is 15.0 Å². The van der Waals surface area contributed by atoms with Crippen molar-refractivity contribution in [3.05, 3.63) is 46.6 Å². The average molecular weight is 401 g/mol. The maximum Gasteiger partial charge on any atom is 0.337 e. The zero-order chi connectivity index (χ0) is 20.1. The van der Waals surface area contributed by atoms with Crippen molar-refractivity contribution in [1.29, 1.82) is 0 Å². The largest absolute Gasteiger partial charge is 0.465 e. The second-order valence-electron chi connectivity index (χ2n) is 6.51. The summed E-state index contributed by atoms with van der Waals surface area (Å²) in [5, 5.41) is 3.96. The number of nitrogens with one attached hydrogen (secondary N) is 1. The molecule has 1 aromatic carbocycles. The van der Waals surface area contributed by atoms with Crippen molar-refractivity contribution >= 4 is 29.5 Å². The van der Waals surface area contributed by atoms with Gasteiger partial charge in [0.25, 0.3) is 5.91 Å². The molecule has 1 aliphatic rings. The zero-order valence-corrected chi connectivity index (χ0v) is 17.1. The third-order valence-corrected chi connectivity index (χ3v) is 5.11. The monoisotopic (exact) mass is 400 g/mol. The van der Waals surface area contributed by atoms with Crippen LogP contribution in [0.4, 0.5) is 5.82 Å². The van der Waals surface area contributed by atoms with Gasteiger partial charge in [-0.25, -0.2) is 14.8 Å². The Balaban J connectivity index is 1.79. The van der Waals surface area contributed by atoms with Crippen LogP contribution < -0.4 is 5.32 Å². The first-order valence-corrected chi connectivity index (χ1v) is 10.4. The molecule has 0 unspecified atom stereocenters. The van der Waals surface area contributed by atoms with Crippen LogP contribution in [0.1, 0.15) is 51.7 Å². The molecule has 0 saturated carbocycles. The fraction of sp³-hybridized carbons (Fsp3) is 0.400. The molecule has 1 aliphatic heterocycles. The molecule has 2 heterocycles. The highest BCUT2D eigenvalue weighted by molar-refractivity contribution is 7.98. The van der Waals surface area contributed by atoms with E-state index in [0.29, 0.717) is 35.2 Å². The van der Waals surface area contributed by atoms with Gasteiger partial charge in [-0.15, -0.1) is 0 Å². The first-order chi connectivity index (χ1) is 13.6. The summed E-state index contributed by atoms with van der Waals surface area (Å²) in [7, 11) is 1.35. The van der Waals surface area contributed by atoms with Crippen molar-refractivity contribution in [1.82, 2.24) is 14.9 Å². The highest BCUT2D eigenvalue weighted by Gasteiger charge is 2.33. The van der Waals surface area contributed by atoms with E-state index in [1.165, 1.54) is 18.9 Å². The number of carbonyl (C=O) groups is 2. The van der Waals surface area contributed by atoms with Crippen molar-refractivity contribution in [3.8, 4) is 0 Å². The Hall–Kier alpha value is -2.61. The Kier molecular flexibility index (Phi) is 6.51. The molecule has 0 aliphatic carbocycles. The summed E-state index contributed by atoms with van der Waals surface area (Å²) < 4.78 is 4.72. The Bertz CT molecular complexity index is 870. The number of anilines is 1. The van der Waals surface area contributed by atoms with Gasteiger partial charge in [-0.05, 0) is 30.4 Å². The van der Waals surface area contributed by atoms with Crippen molar-refractivity contribution < 1.29 is 14.3 Å². The van der Waals surface area contributed by atoms with Gasteiger partial charge >= 0.3 is 5.97 Å².